The van der Waals surface area contributed by atoms with Gasteiger partial charge >= 0.3 is 0 Å². The van der Waals surface area contributed by atoms with Gasteiger partial charge in [0.05, 0.1) is 18.1 Å². The molecule has 1 unspecified atom stereocenters. The molecule has 0 spiro atoms. The first-order chi connectivity index (χ1) is 12.4. The highest BCUT2D eigenvalue weighted by Gasteiger charge is 2.20. The van der Waals surface area contributed by atoms with Crippen molar-refractivity contribution in [2.75, 3.05) is 51.3 Å². The third-order valence-electron chi connectivity index (χ3n) is 4.36. The third kappa shape index (κ3) is 8.65. The molecular formula is C18H31IN4O3S. The first kappa shape index (κ1) is 24.0. The molecule has 1 aliphatic heterocycles. The van der Waals surface area contributed by atoms with Crippen molar-refractivity contribution < 1.29 is 13.2 Å². The van der Waals surface area contributed by atoms with Gasteiger partial charge < -0.3 is 15.4 Å². The number of aliphatic imine (C=N–C) groups is 1. The van der Waals surface area contributed by atoms with Gasteiger partial charge in [0.25, 0.3) is 0 Å². The van der Waals surface area contributed by atoms with Crippen LogP contribution in [-0.2, 0) is 9.84 Å². The molecule has 0 saturated carbocycles. The summed E-state index contributed by atoms with van der Waals surface area (Å²) in [5, 5.41) is 6.52. The van der Waals surface area contributed by atoms with Crippen molar-refractivity contribution >= 4 is 39.8 Å². The molecule has 1 fully saturated rings. The van der Waals surface area contributed by atoms with Gasteiger partial charge in [-0.15, -0.1) is 24.0 Å². The molecule has 0 bridgehead atoms. The molecule has 0 radical (unpaired) electrons. The molecule has 9 heteroatoms. The first-order valence-corrected chi connectivity index (χ1v) is 10.8. The molecule has 27 heavy (non-hydrogen) atoms. The van der Waals surface area contributed by atoms with Crippen molar-refractivity contribution in [2.24, 2.45) is 4.99 Å². The van der Waals surface area contributed by atoms with Crippen molar-refractivity contribution in [1.29, 1.82) is 0 Å². The average molecular weight is 510 g/mol. The van der Waals surface area contributed by atoms with Gasteiger partial charge in [0.15, 0.2) is 15.8 Å². The average Bonchev–Trinajstić information content (AvgIpc) is 2.61. The summed E-state index contributed by atoms with van der Waals surface area (Å²) in [6.07, 6.45) is 0.00181. The van der Waals surface area contributed by atoms with Crippen LogP contribution in [0.15, 0.2) is 29.3 Å². The Kier molecular flexibility index (Phi) is 10.4. The van der Waals surface area contributed by atoms with Crippen LogP contribution in [0.2, 0.25) is 0 Å². The number of guanidine groups is 1. The number of hydrogen-bond donors (Lipinski definition) is 2. The fourth-order valence-corrected chi connectivity index (χ4v) is 3.99. The number of ether oxygens (including phenoxy) is 1. The lowest BCUT2D eigenvalue weighted by Crippen LogP contribution is -2.47. The molecule has 2 N–H and O–H groups in total. The van der Waals surface area contributed by atoms with Crippen LogP contribution in [0.3, 0.4) is 0 Å². The molecule has 154 valence electrons. The highest BCUT2D eigenvalue weighted by Crippen LogP contribution is 2.17. The lowest BCUT2D eigenvalue weighted by Gasteiger charge is -2.26. The van der Waals surface area contributed by atoms with E-state index in [9.17, 15) is 8.42 Å². The van der Waals surface area contributed by atoms with Crippen LogP contribution >= 0.6 is 24.0 Å². The Morgan fingerprint density at radius 2 is 1.93 bits per heavy atom. The number of rotatable bonds is 7. The summed E-state index contributed by atoms with van der Waals surface area (Å²) < 4.78 is 28.8. The number of benzene rings is 1. The lowest BCUT2D eigenvalue weighted by molar-refractivity contribution is 0.222. The van der Waals surface area contributed by atoms with E-state index in [1.807, 2.05) is 38.1 Å². The molecule has 1 aliphatic rings. The number of para-hydroxylation sites is 1. The minimum absolute atomic E-state index is 0. The standard InChI is InChI=1S/C18H30N4O3S.HI/c1-15-6-4-5-7-17(15)25-16(2)14-21-18(19-3)20-8-9-22-10-12-26(23,24)13-11-22;/h4-7,16H,8-14H2,1-3H3,(H2,19,20,21);1H. The zero-order chi connectivity index (χ0) is 19.0. The predicted molar refractivity (Wildman–Crippen MR) is 121 cm³/mol. The van der Waals surface area contributed by atoms with E-state index in [2.05, 4.69) is 20.5 Å². The van der Waals surface area contributed by atoms with Crippen LogP contribution in [0.1, 0.15) is 12.5 Å². The topological polar surface area (TPSA) is 83.0 Å². The van der Waals surface area contributed by atoms with E-state index in [-0.39, 0.29) is 41.6 Å². The Bertz CT molecular complexity index is 698. The van der Waals surface area contributed by atoms with Crippen molar-refractivity contribution in [2.45, 2.75) is 20.0 Å². The Morgan fingerprint density at radius 3 is 2.56 bits per heavy atom. The second kappa shape index (κ2) is 11.7. The fraction of sp³-hybridized carbons (Fsp3) is 0.611. The van der Waals surface area contributed by atoms with Gasteiger partial charge in [-0.3, -0.25) is 9.89 Å². The lowest BCUT2D eigenvalue weighted by atomic mass is 10.2. The van der Waals surface area contributed by atoms with Crippen LogP contribution < -0.4 is 15.4 Å². The molecule has 0 amide bonds. The van der Waals surface area contributed by atoms with Gasteiger partial charge in [-0.1, -0.05) is 18.2 Å². The summed E-state index contributed by atoms with van der Waals surface area (Å²) in [4.78, 5) is 6.37. The fourth-order valence-electron chi connectivity index (χ4n) is 2.71. The summed E-state index contributed by atoms with van der Waals surface area (Å²) in [5.41, 5.74) is 1.12. The van der Waals surface area contributed by atoms with Crippen molar-refractivity contribution in [1.82, 2.24) is 15.5 Å². The number of halogens is 1. The maximum absolute atomic E-state index is 11.4. The highest BCUT2D eigenvalue weighted by atomic mass is 127. The van der Waals surface area contributed by atoms with E-state index < -0.39 is 9.84 Å². The van der Waals surface area contributed by atoms with Crippen LogP contribution in [-0.4, -0.2) is 76.7 Å². The SMILES string of the molecule is CN=C(NCCN1CCS(=O)(=O)CC1)NCC(C)Oc1ccccc1C.I. The van der Waals surface area contributed by atoms with E-state index in [0.717, 1.165) is 23.8 Å². The minimum Gasteiger partial charge on any atom is -0.489 e. The smallest absolute Gasteiger partial charge is 0.191 e. The molecular weight excluding hydrogens is 479 g/mol. The zero-order valence-electron chi connectivity index (χ0n) is 16.3. The minimum atomic E-state index is -2.82. The summed E-state index contributed by atoms with van der Waals surface area (Å²) in [7, 11) is -1.09. The monoisotopic (exact) mass is 510 g/mol. The highest BCUT2D eigenvalue weighted by molar-refractivity contribution is 14.0. The van der Waals surface area contributed by atoms with Gasteiger partial charge in [-0.25, -0.2) is 8.42 Å². The summed E-state index contributed by atoms with van der Waals surface area (Å²) >= 11 is 0. The van der Waals surface area contributed by atoms with Gasteiger partial charge in [0.1, 0.15) is 11.9 Å². The summed E-state index contributed by atoms with van der Waals surface area (Å²) in [6, 6.07) is 7.96. The number of nitrogens with zero attached hydrogens (tertiary/aromatic N) is 2. The molecule has 1 aromatic rings. The van der Waals surface area contributed by atoms with E-state index >= 15 is 0 Å². The second-order valence-electron chi connectivity index (χ2n) is 6.57. The van der Waals surface area contributed by atoms with E-state index in [1.165, 1.54) is 0 Å². The van der Waals surface area contributed by atoms with Crippen LogP contribution in [0.5, 0.6) is 5.75 Å². The predicted octanol–water partition coefficient (Wildman–Crippen LogP) is 1.28. The maximum atomic E-state index is 11.4. The maximum Gasteiger partial charge on any atom is 0.191 e. The molecule has 1 atom stereocenters. The van der Waals surface area contributed by atoms with Crippen molar-refractivity contribution in [3.05, 3.63) is 29.8 Å². The van der Waals surface area contributed by atoms with Gasteiger partial charge in [0.2, 0.25) is 0 Å². The molecule has 0 aliphatic carbocycles. The Balaban J connectivity index is 0.00000364. The van der Waals surface area contributed by atoms with Crippen LogP contribution in [0.25, 0.3) is 0 Å². The number of sulfone groups is 1. The molecule has 2 rings (SSSR count). The van der Waals surface area contributed by atoms with E-state index in [4.69, 9.17) is 4.74 Å². The number of nitrogens with one attached hydrogen (secondary N) is 2. The quantitative estimate of drug-likeness (QED) is 0.327. The molecule has 1 heterocycles. The van der Waals surface area contributed by atoms with Crippen molar-refractivity contribution in [3.63, 3.8) is 0 Å². The molecule has 7 nitrogen and oxygen atoms in total. The van der Waals surface area contributed by atoms with Gasteiger partial charge in [-0.2, -0.15) is 0 Å². The Labute approximate surface area is 179 Å². The van der Waals surface area contributed by atoms with E-state index in [0.29, 0.717) is 26.2 Å². The second-order valence-corrected chi connectivity index (χ2v) is 8.87. The Hall–Kier alpha value is -1.07. The summed E-state index contributed by atoms with van der Waals surface area (Å²) in [6.45, 7) is 7.41. The van der Waals surface area contributed by atoms with Gasteiger partial charge in [-0.05, 0) is 25.5 Å². The molecule has 1 saturated heterocycles. The van der Waals surface area contributed by atoms with Crippen LogP contribution in [0.4, 0.5) is 0 Å². The number of hydrogen-bond acceptors (Lipinski definition) is 5. The largest absolute Gasteiger partial charge is 0.489 e. The van der Waals surface area contributed by atoms with E-state index in [1.54, 1.807) is 7.05 Å². The third-order valence-corrected chi connectivity index (χ3v) is 5.97. The van der Waals surface area contributed by atoms with Gasteiger partial charge in [0, 0.05) is 33.2 Å². The normalized spacial score (nSPS) is 18.3. The summed E-state index contributed by atoms with van der Waals surface area (Å²) in [5.74, 6) is 2.13. The zero-order valence-corrected chi connectivity index (χ0v) is 19.4. The first-order valence-electron chi connectivity index (χ1n) is 8.99. The van der Waals surface area contributed by atoms with Crippen LogP contribution in [0, 0.1) is 6.92 Å². The number of aryl methyl sites for hydroxylation is 1. The Morgan fingerprint density at radius 1 is 1.26 bits per heavy atom. The molecule has 1 aromatic carbocycles. The van der Waals surface area contributed by atoms with Crippen molar-refractivity contribution in [3.8, 4) is 5.75 Å². The molecule has 0 aromatic heterocycles.